The van der Waals surface area contributed by atoms with Gasteiger partial charge in [0.05, 0.1) is 6.10 Å². The first kappa shape index (κ1) is 15.3. The summed E-state index contributed by atoms with van der Waals surface area (Å²) in [6, 6.07) is 11.2. The first-order chi connectivity index (χ1) is 10.1. The highest BCUT2D eigenvalue weighted by Gasteiger charge is 2.14. The summed E-state index contributed by atoms with van der Waals surface area (Å²) in [5, 5.41) is 17.1. The molecule has 112 valence electrons. The van der Waals surface area contributed by atoms with Crippen LogP contribution in [0.1, 0.15) is 31.4 Å². The van der Waals surface area contributed by atoms with Crippen LogP contribution >= 0.6 is 0 Å². The summed E-state index contributed by atoms with van der Waals surface area (Å²) in [5.74, 6) is -0.0294. The molecule has 2 rings (SSSR count). The van der Waals surface area contributed by atoms with E-state index in [0.717, 1.165) is 5.56 Å². The normalized spacial score (nSPS) is 13.6. The average molecular weight is 287 g/mol. The maximum Gasteiger partial charge on any atom is 0.222 e. The van der Waals surface area contributed by atoms with Gasteiger partial charge in [-0.1, -0.05) is 30.3 Å². The van der Waals surface area contributed by atoms with E-state index < -0.39 is 6.10 Å². The van der Waals surface area contributed by atoms with Crippen LogP contribution in [0.5, 0.6) is 0 Å². The van der Waals surface area contributed by atoms with Crippen molar-refractivity contribution in [2.75, 3.05) is 0 Å². The predicted octanol–water partition coefficient (Wildman–Crippen LogP) is 1.90. The number of aromatic nitrogens is 2. The predicted molar refractivity (Wildman–Crippen MR) is 80.5 cm³/mol. The molecule has 0 aliphatic rings. The van der Waals surface area contributed by atoms with Crippen molar-refractivity contribution >= 4 is 5.91 Å². The Bertz CT molecular complexity index is 540. The monoisotopic (exact) mass is 287 g/mol. The molecular weight excluding hydrogens is 266 g/mol. The summed E-state index contributed by atoms with van der Waals surface area (Å²) >= 11 is 0. The van der Waals surface area contributed by atoms with Crippen LogP contribution < -0.4 is 5.32 Å². The molecule has 2 N–H and O–H groups in total. The quantitative estimate of drug-likeness (QED) is 0.817. The number of benzene rings is 1. The number of carbonyl (C=O) groups excluding carboxylic acids is 1. The molecule has 0 aliphatic carbocycles. The number of carbonyl (C=O) groups is 1. The van der Waals surface area contributed by atoms with Gasteiger partial charge < -0.3 is 10.4 Å². The molecule has 2 aromatic rings. The second-order valence-corrected chi connectivity index (χ2v) is 5.15. The Hall–Kier alpha value is -2.14. The maximum absolute atomic E-state index is 11.8. The number of rotatable bonds is 7. The molecule has 0 saturated heterocycles. The second-order valence-electron chi connectivity index (χ2n) is 5.15. The molecule has 1 heterocycles. The van der Waals surface area contributed by atoms with E-state index in [1.54, 1.807) is 10.9 Å². The Kier molecular flexibility index (Phi) is 5.51. The zero-order valence-electron chi connectivity index (χ0n) is 12.1. The van der Waals surface area contributed by atoms with Gasteiger partial charge in [0.15, 0.2) is 0 Å². The highest BCUT2D eigenvalue weighted by Crippen LogP contribution is 2.17. The van der Waals surface area contributed by atoms with Crippen molar-refractivity contribution < 1.29 is 9.90 Å². The van der Waals surface area contributed by atoms with Gasteiger partial charge in [0, 0.05) is 31.4 Å². The van der Waals surface area contributed by atoms with E-state index in [1.807, 2.05) is 49.5 Å². The molecule has 1 aromatic carbocycles. The van der Waals surface area contributed by atoms with Gasteiger partial charge in [-0.3, -0.25) is 9.48 Å². The van der Waals surface area contributed by atoms with Crippen molar-refractivity contribution in [3.05, 3.63) is 54.4 Å². The Labute approximate surface area is 124 Å². The standard InChI is InChI=1S/C16H21N3O2/c1-13(12-15(20)14-6-3-2-4-7-14)18-16(21)8-11-19-10-5-9-17-19/h2-7,9-10,13,15,20H,8,11-12H2,1H3,(H,18,21)/t13-,15+/m1/s1. The Morgan fingerprint density at radius 3 is 2.76 bits per heavy atom. The minimum Gasteiger partial charge on any atom is -0.388 e. The summed E-state index contributed by atoms with van der Waals surface area (Å²) in [5.41, 5.74) is 0.871. The van der Waals surface area contributed by atoms with Crippen molar-refractivity contribution in [1.29, 1.82) is 0 Å². The number of hydrogen-bond acceptors (Lipinski definition) is 3. The van der Waals surface area contributed by atoms with E-state index in [4.69, 9.17) is 0 Å². The molecular formula is C16H21N3O2. The first-order valence-electron chi connectivity index (χ1n) is 7.15. The number of nitrogens with zero attached hydrogens (tertiary/aromatic N) is 2. The van der Waals surface area contributed by atoms with Crippen molar-refractivity contribution in [3.63, 3.8) is 0 Å². The molecule has 2 atom stereocenters. The second kappa shape index (κ2) is 7.59. The lowest BCUT2D eigenvalue weighted by Crippen LogP contribution is -2.34. The molecule has 0 unspecified atom stereocenters. The molecule has 5 heteroatoms. The largest absolute Gasteiger partial charge is 0.388 e. The van der Waals surface area contributed by atoms with Gasteiger partial charge in [-0.05, 0) is 25.0 Å². The smallest absolute Gasteiger partial charge is 0.222 e. The molecule has 1 amide bonds. The summed E-state index contributed by atoms with van der Waals surface area (Å²) in [6.45, 7) is 2.46. The molecule has 0 spiro atoms. The molecule has 21 heavy (non-hydrogen) atoms. The molecule has 0 bridgehead atoms. The lowest BCUT2D eigenvalue weighted by Gasteiger charge is -2.18. The summed E-state index contributed by atoms with van der Waals surface area (Å²) in [6.07, 6.45) is 3.84. The van der Waals surface area contributed by atoms with Gasteiger partial charge in [0.1, 0.15) is 0 Å². The highest BCUT2D eigenvalue weighted by molar-refractivity contribution is 5.76. The van der Waals surface area contributed by atoms with Crippen molar-refractivity contribution in [3.8, 4) is 0 Å². The third kappa shape index (κ3) is 5.04. The van der Waals surface area contributed by atoms with Crippen LogP contribution in [0.15, 0.2) is 48.8 Å². The van der Waals surface area contributed by atoms with Crippen molar-refractivity contribution in [2.24, 2.45) is 0 Å². The lowest BCUT2D eigenvalue weighted by atomic mass is 10.0. The number of hydrogen-bond donors (Lipinski definition) is 2. The van der Waals surface area contributed by atoms with Crippen LogP contribution in [-0.2, 0) is 11.3 Å². The summed E-state index contributed by atoms with van der Waals surface area (Å²) in [4.78, 5) is 11.8. The summed E-state index contributed by atoms with van der Waals surface area (Å²) < 4.78 is 1.73. The fraction of sp³-hybridized carbons (Fsp3) is 0.375. The minimum absolute atomic E-state index is 0.0294. The number of nitrogens with one attached hydrogen (secondary N) is 1. The number of aryl methyl sites for hydroxylation is 1. The maximum atomic E-state index is 11.8. The minimum atomic E-state index is -0.562. The van der Waals surface area contributed by atoms with Crippen molar-refractivity contribution in [2.45, 2.75) is 38.5 Å². The van der Waals surface area contributed by atoms with Crippen LogP contribution in [-0.4, -0.2) is 26.8 Å². The van der Waals surface area contributed by atoms with Gasteiger partial charge >= 0.3 is 0 Å². The van der Waals surface area contributed by atoms with E-state index in [9.17, 15) is 9.90 Å². The van der Waals surface area contributed by atoms with Gasteiger partial charge in [0.25, 0.3) is 0 Å². The van der Waals surface area contributed by atoms with E-state index in [1.165, 1.54) is 0 Å². The molecule has 0 saturated carbocycles. The van der Waals surface area contributed by atoms with Gasteiger partial charge in [0.2, 0.25) is 5.91 Å². The molecule has 0 radical (unpaired) electrons. The van der Waals surface area contributed by atoms with Crippen LogP contribution in [0.3, 0.4) is 0 Å². The van der Waals surface area contributed by atoms with E-state index in [-0.39, 0.29) is 11.9 Å². The van der Waals surface area contributed by atoms with Crippen LogP contribution in [0.2, 0.25) is 0 Å². The van der Waals surface area contributed by atoms with E-state index in [0.29, 0.717) is 19.4 Å². The fourth-order valence-electron chi connectivity index (χ4n) is 2.20. The molecule has 0 aliphatic heterocycles. The SMILES string of the molecule is C[C@H](C[C@H](O)c1ccccc1)NC(=O)CCn1cccn1. The first-order valence-corrected chi connectivity index (χ1v) is 7.15. The van der Waals surface area contributed by atoms with Crippen molar-refractivity contribution in [1.82, 2.24) is 15.1 Å². The number of aliphatic hydroxyl groups excluding tert-OH is 1. The Balaban J connectivity index is 1.73. The van der Waals surface area contributed by atoms with Gasteiger partial charge in [-0.25, -0.2) is 0 Å². The van der Waals surface area contributed by atoms with Crippen LogP contribution in [0, 0.1) is 0 Å². The fourth-order valence-corrected chi connectivity index (χ4v) is 2.20. The molecule has 1 aromatic heterocycles. The number of amides is 1. The van der Waals surface area contributed by atoms with E-state index in [2.05, 4.69) is 10.4 Å². The average Bonchev–Trinajstić information content (AvgIpc) is 2.99. The highest BCUT2D eigenvalue weighted by atomic mass is 16.3. The summed E-state index contributed by atoms with van der Waals surface area (Å²) in [7, 11) is 0. The molecule has 5 nitrogen and oxygen atoms in total. The third-order valence-electron chi connectivity index (χ3n) is 3.30. The lowest BCUT2D eigenvalue weighted by molar-refractivity contribution is -0.122. The zero-order chi connectivity index (χ0) is 15.1. The third-order valence-corrected chi connectivity index (χ3v) is 3.30. The van der Waals surface area contributed by atoms with Crippen LogP contribution in [0.4, 0.5) is 0 Å². The van der Waals surface area contributed by atoms with Gasteiger partial charge in [-0.15, -0.1) is 0 Å². The Morgan fingerprint density at radius 2 is 2.10 bits per heavy atom. The zero-order valence-corrected chi connectivity index (χ0v) is 12.1. The number of aliphatic hydroxyl groups is 1. The van der Waals surface area contributed by atoms with E-state index >= 15 is 0 Å². The molecule has 0 fully saturated rings. The van der Waals surface area contributed by atoms with Gasteiger partial charge in [-0.2, -0.15) is 5.10 Å². The topological polar surface area (TPSA) is 67.2 Å². The van der Waals surface area contributed by atoms with Crippen LogP contribution in [0.25, 0.3) is 0 Å². The Morgan fingerprint density at radius 1 is 1.33 bits per heavy atom.